The second kappa shape index (κ2) is 4.23. The number of hydrogen-bond acceptors (Lipinski definition) is 3. The van der Waals surface area contributed by atoms with E-state index in [1.54, 1.807) is 18.7 Å². The summed E-state index contributed by atoms with van der Waals surface area (Å²) in [4.78, 5) is 8.09. The Bertz CT molecular complexity index is 419. The third-order valence-electron chi connectivity index (χ3n) is 2.31. The minimum atomic E-state index is 0.00865. The lowest BCUT2D eigenvalue weighted by Crippen LogP contribution is -2.12. The maximum absolute atomic E-state index is 5.84. The molecule has 2 aromatic rings. The van der Waals surface area contributed by atoms with Gasteiger partial charge in [-0.15, -0.1) is 0 Å². The van der Waals surface area contributed by atoms with Crippen molar-refractivity contribution in [2.24, 2.45) is 5.73 Å². The fourth-order valence-corrected chi connectivity index (χ4v) is 1.53. The fourth-order valence-electron chi connectivity index (χ4n) is 1.53. The van der Waals surface area contributed by atoms with Gasteiger partial charge in [0, 0.05) is 31.2 Å². The molecule has 2 N–H and O–H groups in total. The van der Waals surface area contributed by atoms with Crippen molar-refractivity contribution < 1.29 is 0 Å². The molecule has 2 rings (SSSR count). The summed E-state index contributed by atoms with van der Waals surface area (Å²) >= 11 is 0. The summed E-state index contributed by atoms with van der Waals surface area (Å²) in [7, 11) is 0. The summed E-state index contributed by atoms with van der Waals surface area (Å²) in [6, 6.07) is 3.99. The number of nitrogens with two attached hydrogens (primary N) is 1. The van der Waals surface area contributed by atoms with E-state index < -0.39 is 0 Å². The Morgan fingerprint density at radius 1 is 1.33 bits per heavy atom. The summed E-state index contributed by atoms with van der Waals surface area (Å²) in [5.41, 5.74) is 8.09. The van der Waals surface area contributed by atoms with Gasteiger partial charge in [-0.2, -0.15) is 0 Å². The fraction of sp³-hybridized carbons (Fsp3) is 0.273. The number of aromatic nitrogens is 3. The van der Waals surface area contributed by atoms with Crippen LogP contribution in [-0.2, 0) is 6.54 Å². The van der Waals surface area contributed by atoms with Gasteiger partial charge in [0.1, 0.15) is 0 Å². The van der Waals surface area contributed by atoms with Crippen molar-refractivity contribution in [2.75, 3.05) is 0 Å². The molecule has 78 valence electrons. The first-order valence-electron chi connectivity index (χ1n) is 4.92. The topological polar surface area (TPSA) is 56.7 Å². The normalized spacial score (nSPS) is 12.7. The molecule has 1 atom stereocenters. The van der Waals surface area contributed by atoms with E-state index in [0.29, 0.717) is 0 Å². The Balaban J connectivity index is 2.21. The number of rotatable bonds is 3. The molecule has 0 aliphatic carbocycles. The molecule has 0 saturated heterocycles. The van der Waals surface area contributed by atoms with Gasteiger partial charge in [0.15, 0.2) is 0 Å². The second-order valence-electron chi connectivity index (χ2n) is 3.59. The Labute approximate surface area is 88.8 Å². The molecule has 0 amide bonds. The third kappa shape index (κ3) is 2.22. The SMILES string of the molecule is CC(N)c1cncn1Cc1ccncc1. The summed E-state index contributed by atoms with van der Waals surface area (Å²) < 4.78 is 2.06. The molecule has 0 saturated carbocycles. The largest absolute Gasteiger partial charge is 0.329 e. The van der Waals surface area contributed by atoms with Crippen molar-refractivity contribution in [1.82, 2.24) is 14.5 Å². The Kier molecular flexibility index (Phi) is 2.78. The second-order valence-corrected chi connectivity index (χ2v) is 3.59. The van der Waals surface area contributed by atoms with Crippen molar-refractivity contribution in [1.29, 1.82) is 0 Å². The predicted octanol–water partition coefficient (Wildman–Crippen LogP) is 1.35. The van der Waals surface area contributed by atoms with E-state index in [2.05, 4.69) is 14.5 Å². The van der Waals surface area contributed by atoms with Crippen LogP contribution in [0.1, 0.15) is 24.2 Å². The number of nitrogens with zero attached hydrogens (tertiary/aromatic N) is 3. The van der Waals surface area contributed by atoms with Gasteiger partial charge in [0.25, 0.3) is 0 Å². The maximum atomic E-state index is 5.84. The van der Waals surface area contributed by atoms with Crippen molar-refractivity contribution in [2.45, 2.75) is 19.5 Å². The maximum Gasteiger partial charge on any atom is 0.0951 e. The molecule has 0 radical (unpaired) electrons. The molecule has 0 aromatic carbocycles. The zero-order valence-corrected chi connectivity index (χ0v) is 8.67. The molecular weight excluding hydrogens is 188 g/mol. The summed E-state index contributed by atoms with van der Waals surface area (Å²) in [5.74, 6) is 0. The van der Waals surface area contributed by atoms with Crippen LogP contribution in [0.25, 0.3) is 0 Å². The molecule has 0 fully saturated rings. The van der Waals surface area contributed by atoms with E-state index in [9.17, 15) is 0 Å². The molecule has 4 heteroatoms. The van der Waals surface area contributed by atoms with Crippen molar-refractivity contribution in [3.05, 3.63) is 48.3 Å². The van der Waals surface area contributed by atoms with E-state index in [0.717, 1.165) is 12.2 Å². The van der Waals surface area contributed by atoms with Crippen LogP contribution in [0.2, 0.25) is 0 Å². The molecular formula is C11H14N4. The summed E-state index contributed by atoms with van der Waals surface area (Å²) in [6.07, 6.45) is 7.20. The van der Waals surface area contributed by atoms with Crippen LogP contribution in [0.15, 0.2) is 37.1 Å². The number of imidazole rings is 1. The van der Waals surface area contributed by atoms with E-state index in [1.165, 1.54) is 5.56 Å². The monoisotopic (exact) mass is 202 g/mol. The highest BCUT2D eigenvalue weighted by atomic mass is 15.1. The number of hydrogen-bond donors (Lipinski definition) is 1. The highest BCUT2D eigenvalue weighted by Crippen LogP contribution is 2.10. The predicted molar refractivity (Wildman–Crippen MR) is 58.2 cm³/mol. The van der Waals surface area contributed by atoms with Gasteiger partial charge in [0.2, 0.25) is 0 Å². The van der Waals surface area contributed by atoms with Gasteiger partial charge in [-0.05, 0) is 24.6 Å². The molecule has 0 aliphatic heterocycles. The first kappa shape index (κ1) is 9.86. The van der Waals surface area contributed by atoms with Gasteiger partial charge in [-0.1, -0.05) is 0 Å². The molecule has 15 heavy (non-hydrogen) atoms. The highest BCUT2D eigenvalue weighted by molar-refractivity contribution is 5.13. The number of pyridine rings is 1. The van der Waals surface area contributed by atoms with Crippen LogP contribution in [0, 0.1) is 0 Å². The van der Waals surface area contributed by atoms with Crippen molar-refractivity contribution >= 4 is 0 Å². The molecule has 0 aliphatic rings. The lowest BCUT2D eigenvalue weighted by Gasteiger charge is -2.10. The quantitative estimate of drug-likeness (QED) is 0.817. The molecule has 0 spiro atoms. The van der Waals surface area contributed by atoms with Gasteiger partial charge < -0.3 is 10.3 Å². The zero-order chi connectivity index (χ0) is 10.7. The van der Waals surface area contributed by atoms with Gasteiger partial charge in [-0.3, -0.25) is 4.98 Å². The standard InChI is InChI=1S/C11H14N4/c1-9(12)11-6-14-8-15(11)7-10-2-4-13-5-3-10/h2-6,8-9H,7,12H2,1H3. The van der Waals surface area contributed by atoms with Crippen LogP contribution in [0.3, 0.4) is 0 Å². The van der Waals surface area contributed by atoms with E-state index >= 15 is 0 Å². The third-order valence-corrected chi connectivity index (χ3v) is 2.31. The van der Waals surface area contributed by atoms with E-state index in [4.69, 9.17) is 5.73 Å². The molecule has 2 heterocycles. The first-order valence-corrected chi connectivity index (χ1v) is 4.92. The Morgan fingerprint density at radius 2 is 2.07 bits per heavy atom. The Morgan fingerprint density at radius 3 is 2.73 bits per heavy atom. The van der Waals surface area contributed by atoms with Crippen molar-refractivity contribution in [3.63, 3.8) is 0 Å². The van der Waals surface area contributed by atoms with Gasteiger partial charge in [0.05, 0.1) is 12.0 Å². The van der Waals surface area contributed by atoms with Crippen LogP contribution >= 0.6 is 0 Å². The minimum absolute atomic E-state index is 0.00865. The van der Waals surface area contributed by atoms with Crippen LogP contribution in [0.5, 0.6) is 0 Å². The van der Waals surface area contributed by atoms with Crippen LogP contribution in [-0.4, -0.2) is 14.5 Å². The van der Waals surface area contributed by atoms with Crippen molar-refractivity contribution in [3.8, 4) is 0 Å². The first-order chi connectivity index (χ1) is 7.27. The smallest absolute Gasteiger partial charge is 0.0951 e. The lowest BCUT2D eigenvalue weighted by molar-refractivity contribution is 0.674. The van der Waals surface area contributed by atoms with Crippen LogP contribution in [0.4, 0.5) is 0 Å². The average molecular weight is 202 g/mol. The highest BCUT2D eigenvalue weighted by Gasteiger charge is 2.06. The molecule has 4 nitrogen and oxygen atoms in total. The van der Waals surface area contributed by atoms with E-state index in [1.807, 2.05) is 25.3 Å². The summed E-state index contributed by atoms with van der Waals surface area (Å²) in [6.45, 7) is 2.75. The molecule has 0 bridgehead atoms. The van der Waals surface area contributed by atoms with Gasteiger partial charge >= 0.3 is 0 Å². The molecule has 1 unspecified atom stereocenters. The van der Waals surface area contributed by atoms with E-state index in [-0.39, 0.29) is 6.04 Å². The van der Waals surface area contributed by atoms with Gasteiger partial charge in [-0.25, -0.2) is 4.98 Å². The summed E-state index contributed by atoms with van der Waals surface area (Å²) in [5, 5.41) is 0. The minimum Gasteiger partial charge on any atom is -0.329 e. The zero-order valence-electron chi connectivity index (χ0n) is 8.67. The van der Waals surface area contributed by atoms with Crippen LogP contribution < -0.4 is 5.73 Å². The Hall–Kier alpha value is -1.68. The average Bonchev–Trinajstić information content (AvgIpc) is 2.67. The lowest BCUT2D eigenvalue weighted by atomic mass is 10.2. The molecule has 2 aromatic heterocycles.